The number of phenols is 1. The van der Waals surface area contributed by atoms with E-state index in [-0.39, 0.29) is 23.0 Å². The summed E-state index contributed by atoms with van der Waals surface area (Å²) in [5, 5.41) is 16.9. The van der Waals surface area contributed by atoms with Crippen molar-refractivity contribution in [2.45, 2.75) is 6.42 Å². The van der Waals surface area contributed by atoms with E-state index >= 15 is 0 Å². The first-order valence-corrected chi connectivity index (χ1v) is 9.75. The molecular weight excluding hydrogens is 396 g/mol. The van der Waals surface area contributed by atoms with Gasteiger partial charge in [-0.15, -0.1) is 0 Å². The molecular formula is C22H22N6O3. The Morgan fingerprint density at radius 3 is 2.74 bits per heavy atom. The van der Waals surface area contributed by atoms with Crippen molar-refractivity contribution in [3.05, 3.63) is 59.7 Å². The van der Waals surface area contributed by atoms with Crippen molar-refractivity contribution in [2.75, 3.05) is 26.0 Å². The number of rotatable bonds is 7. The maximum Gasteiger partial charge on any atom is 0.257 e. The number of carbonyl (C=O) groups is 1. The number of nitrogens with zero attached hydrogens (tertiary/aromatic N) is 4. The summed E-state index contributed by atoms with van der Waals surface area (Å²) < 4.78 is 6.41. The summed E-state index contributed by atoms with van der Waals surface area (Å²) in [6, 6.07) is 14.0. The molecule has 158 valence electrons. The molecule has 0 bridgehead atoms. The van der Waals surface area contributed by atoms with E-state index in [1.54, 1.807) is 31.4 Å². The molecule has 1 amide bonds. The molecule has 0 saturated carbocycles. The molecule has 0 saturated heterocycles. The molecule has 0 atom stereocenters. The predicted molar refractivity (Wildman–Crippen MR) is 119 cm³/mol. The molecule has 0 radical (unpaired) electrons. The number of anilines is 1. The lowest BCUT2D eigenvalue weighted by atomic mass is 10.2. The van der Waals surface area contributed by atoms with Gasteiger partial charge in [-0.1, -0.05) is 24.3 Å². The molecule has 0 aliphatic heterocycles. The second-order valence-corrected chi connectivity index (χ2v) is 6.90. The number of carbonyl (C=O) groups excluding carboxylic acids is 1. The van der Waals surface area contributed by atoms with Gasteiger partial charge in [0.1, 0.15) is 22.6 Å². The molecule has 4 rings (SSSR count). The third kappa shape index (κ3) is 4.17. The number of phenolic OH excluding ortho intramolecular Hbond substituents is 1. The highest BCUT2D eigenvalue weighted by Crippen LogP contribution is 2.27. The summed E-state index contributed by atoms with van der Waals surface area (Å²) in [7, 11) is 1.61. The van der Waals surface area contributed by atoms with Crippen molar-refractivity contribution in [3.63, 3.8) is 0 Å². The average Bonchev–Trinajstić information content (AvgIpc) is 3.04. The molecule has 0 unspecified atom stereocenters. The number of fused-ring (bicyclic) bond motifs is 2. The quantitative estimate of drug-likeness (QED) is 0.313. The van der Waals surface area contributed by atoms with Gasteiger partial charge in [0.25, 0.3) is 5.91 Å². The van der Waals surface area contributed by atoms with Crippen molar-refractivity contribution < 1.29 is 14.6 Å². The highest BCUT2D eigenvalue weighted by atomic mass is 16.5. The van der Waals surface area contributed by atoms with Gasteiger partial charge in [0.05, 0.1) is 17.2 Å². The van der Waals surface area contributed by atoms with Crippen LogP contribution in [0.4, 0.5) is 5.82 Å². The maximum atomic E-state index is 12.9. The second-order valence-electron chi connectivity index (χ2n) is 6.90. The lowest BCUT2D eigenvalue weighted by molar-refractivity contribution is 0.0951. The third-order valence-corrected chi connectivity index (χ3v) is 4.70. The van der Waals surface area contributed by atoms with E-state index in [9.17, 15) is 9.90 Å². The number of ether oxygens (including phenoxy) is 1. The van der Waals surface area contributed by atoms with Gasteiger partial charge in [0.15, 0.2) is 5.65 Å². The first kappa shape index (κ1) is 20.3. The van der Waals surface area contributed by atoms with E-state index in [2.05, 4.69) is 20.4 Å². The van der Waals surface area contributed by atoms with Gasteiger partial charge in [-0.25, -0.2) is 9.97 Å². The molecule has 31 heavy (non-hydrogen) atoms. The number of nitrogens with two attached hydrogens (primary N) is 1. The van der Waals surface area contributed by atoms with Crippen LogP contribution in [0.15, 0.2) is 53.6 Å². The molecule has 9 nitrogen and oxygen atoms in total. The molecule has 2 heterocycles. The lowest BCUT2D eigenvalue weighted by Gasteiger charge is -2.05. The topological polar surface area (TPSA) is 128 Å². The Bertz CT molecular complexity index is 1280. The van der Waals surface area contributed by atoms with Gasteiger partial charge in [-0.05, 0) is 36.2 Å². The van der Waals surface area contributed by atoms with E-state index in [1.165, 1.54) is 10.9 Å². The van der Waals surface area contributed by atoms with Crippen LogP contribution >= 0.6 is 0 Å². The number of hydrogen-bond donors (Lipinski definition) is 3. The normalized spacial score (nSPS) is 11.5. The number of methoxy groups -OCH3 is 1. The number of amides is 1. The summed E-state index contributed by atoms with van der Waals surface area (Å²) in [6.45, 7) is 0.975. The third-order valence-electron chi connectivity index (χ3n) is 4.70. The minimum atomic E-state index is -0.352. The summed E-state index contributed by atoms with van der Waals surface area (Å²) in [6.07, 6.45) is 2.21. The first-order valence-electron chi connectivity index (χ1n) is 9.75. The largest absolute Gasteiger partial charge is 0.508 e. The summed E-state index contributed by atoms with van der Waals surface area (Å²) in [5.41, 5.74) is 9.28. The maximum absolute atomic E-state index is 12.9. The van der Waals surface area contributed by atoms with E-state index in [0.29, 0.717) is 47.3 Å². The smallest absolute Gasteiger partial charge is 0.257 e. The van der Waals surface area contributed by atoms with Crippen molar-refractivity contribution in [2.24, 2.45) is 5.10 Å². The number of para-hydroxylation sites is 2. The van der Waals surface area contributed by atoms with Crippen LogP contribution in [0.1, 0.15) is 22.3 Å². The molecule has 2 aromatic carbocycles. The van der Waals surface area contributed by atoms with Gasteiger partial charge in [-0.2, -0.15) is 9.78 Å². The van der Waals surface area contributed by atoms with E-state index in [1.807, 2.05) is 24.3 Å². The monoisotopic (exact) mass is 418 g/mol. The fourth-order valence-corrected chi connectivity index (χ4v) is 3.22. The van der Waals surface area contributed by atoms with Crippen LogP contribution in [0.25, 0.3) is 22.2 Å². The van der Waals surface area contributed by atoms with Crippen LogP contribution in [0, 0.1) is 0 Å². The Kier molecular flexibility index (Phi) is 5.76. The van der Waals surface area contributed by atoms with Crippen molar-refractivity contribution in [1.82, 2.24) is 20.0 Å². The van der Waals surface area contributed by atoms with Crippen molar-refractivity contribution in [1.29, 1.82) is 0 Å². The fourth-order valence-electron chi connectivity index (χ4n) is 3.22. The zero-order valence-electron chi connectivity index (χ0n) is 16.9. The number of aromatic hydroxyl groups is 1. The number of hydrogen-bond acceptors (Lipinski definition) is 7. The zero-order chi connectivity index (χ0) is 21.8. The van der Waals surface area contributed by atoms with Gasteiger partial charge < -0.3 is 20.9 Å². The number of nitrogen functional groups attached to an aromatic ring is 1. The highest BCUT2D eigenvalue weighted by molar-refractivity contribution is 6.10. The lowest BCUT2D eigenvalue weighted by Crippen LogP contribution is -2.26. The minimum absolute atomic E-state index is 0.121. The Labute approximate surface area is 178 Å². The Morgan fingerprint density at radius 1 is 1.23 bits per heavy atom. The Balaban J connectivity index is 1.81. The van der Waals surface area contributed by atoms with E-state index in [0.717, 1.165) is 0 Å². The first-order chi connectivity index (χ1) is 15.1. The Morgan fingerprint density at radius 2 is 2.00 bits per heavy atom. The van der Waals surface area contributed by atoms with Gasteiger partial charge in [0.2, 0.25) is 0 Å². The average molecular weight is 418 g/mol. The molecule has 0 fully saturated rings. The molecule has 0 aliphatic carbocycles. The second kappa shape index (κ2) is 8.80. The molecule has 4 N–H and O–H groups in total. The minimum Gasteiger partial charge on any atom is -0.508 e. The van der Waals surface area contributed by atoms with Crippen LogP contribution in [-0.4, -0.2) is 52.1 Å². The number of nitrogens with one attached hydrogen (secondary N) is 1. The molecule has 4 aromatic rings. The van der Waals surface area contributed by atoms with Crippen LogP contribution in [0.5, 0.6) is 5.75 Å². The van der Waals surface area contributed by atoms with Crippen LogP contribution in [0.2, 0.25) is 0 Å². The van der Waals surface area contributed by atoms with Crippen molar-refractivity contribution >= 4 is 40.1 Å². The van der Waals surface area contributed by atoms with Crippen LogP contribution < -0.4 is 11.1 Å². The molecule has 2 aromatic heterocycles. The molecule has 0 aliphatic rings. The van der Waals surface area contributed by atoms with Gasteiger partial charge in [0, 0.05) is 20.3 Å². The summed E-state index contributed by atoms with van der Waals surface area (Å²) >= 11 is 0. The predicted octanol–water partition coefficient (Wildman–Crippen LogP) is 2.52. The number of aromatic nitrogens is 3. The number of benzene rings is 2. The van der Waals surface area contributed by atoms with Crippen molar-refractivity contribution in [3.8, 4) is 5.75 Å². The highest BCUT2D eigenvalue weighted by Gasteiger charge is 2.23. The SMILES string of the molecule is COCCCNC(=O)c1c(N)n(/N=C/c2cccc(O)c2)c2nc3ccccc3nc12. The molecule has 0 spiro atoms. The standard InChI is InChI=1S/C22H22N6O3/c1-31-11-5-10-24-22(30)18-19-21(27-17-9-3-2-8-16(17)26-19)28(20(18)23)25-13-14-6-4-7-15(29)12-14/h2-4,6-9,12-13,29H,5,10-11,23H2,1H3,(H,24,30)/b25-13+. The summed E-state index contributed by atoms with van der Waals surface area (Å²) in [5.74, 6) is -0.100. The van der Waals surface area contributed by atoms with E-state index in [4.69, 9.17) is 10.5 Å². The van der Waals surface area contributed by atoms with E-state index < -0.39 is 0 Å². The fraction of sp³-hybridized carbons (Fsp3) is 0.182. The Hall–Kier alpha value is -3.98. The summed E-state index contributed by atoms with van der Waals surface area (Å²) in [4.78, 5) is 22.2. The van der Waals surface area contributed by atoms with Crippen LogP contribution in [-0.2, 0) is 4.74 Å². The molecule has 9 heteroatoms. The zero-order valence-corrected chi connectivity index (χ0v) is 16.9. The van der Waals surface area contributed by atoms with Gasteiger partial charge in [-0.3, -0.25) is 4.79 Å². The van der Waals surface area contributed by atoms with Gasteiger partial charge >= 0.3 is 0 Å². The van der Waals surface area contributed by atoms with Crippen LogP contribution in [0.3, 0.4) is 0 Å².